The average molecular weight is 392 g/mol. The van der Waals surface area contributed by atoms with Crippen LogP contribution in [0.25, 0.3) is 0 Å². The third-order valence-corrected chi connectivity index (χ3v) is 4.01. The average Bonchev–Trinajstić information content (AvgIpc) is 2.45. The fraction of sp³-hybridized carbons (Fsp3) is 0.467. The minimum atomic E-state index is -4.36. The molecule has 1 N–H and O–H groups in total. The number of hydrogen-bond donors (Lipinski definition) is 1. The molecule has 0 saturated carbocycles. The summed E-state index contributed by atoms with van der Waals surface area (Å²) >= 11 is 6.15. The highest BCUT2D eigenvalue weighted by molar-refractivity contribution is 6.31. The van der Waals surface area contributed by atoms with Crippen molar-refractivity contribution < 1.29 is 13.2 Å². The Morgan fingerprint density at radius 3 is 2.39 bits per heavy atom. The molecule has 0 aliphatic carbocycles. The first kappa shape index (κ1) is 22.5. The largest absolute Gasteiger partial charge is 0.416 e. The fourth-order valence-electron chi connectivity index (χ4n) is 2.60. The van der Waals surface area contributed by atoms with E-state index in [-0.39, 0.29) is 30.9 Å². The van der Waals surface area contributed by atoms with Gasteiger partial charge >= 0.3 is 6.18 Å². The molecule has 8 heteroatoms. The molecule has 1 aliphatic rings. The SMILES string of the molecule is C=CC[C@H](c1cc(C(F)(F)F)ccc1Cl)N1CCNCC1.Cl.Cl. The van der Waals surface area contributed by atoms with E-state index >= 15 is 0 Å². The molecule has 0 aromatic heterocycles. The molecule has 2 rings (SSSR count). The van der Waals surface area contributed by atoms with E-state index in [2.05, 4.69) is 16.8 Å². The monoisotopic (exact) mass is 390 g/mol. The van der Waals surface area contributed by atoms with E-state index < -0.39 is 11.7 Å². The number of benzene rings is 1. The summed E-state index contributed by atoms with van der Waals surface area (Å²) in [4.78, 5) is 2.15. The Hall–Kier alpha value is -0.460. The van der Waals surface area contributed by atoms with Gasteiger partial charge in [-0.05, 0) is 30.2 Å². The highest BCUT2D eigenvalue weighted by Crippen LogP contribution is 2.36. The van der Waals surface area contributed by atoms with Crippen LogP contribution in [0.1, 0.15) is 23.6 Å². The van der Waals surface area contributed by atoms with Gasteiger partial charge < -0.3 is 5.32 Å². The third-order valence-electron chi connectivity index (χ3n) is 3.66. The molecule has 1 fully saturated rings. The predicted octanol–water partition coefficient (Wildman–Crippen LogP) is 4.72. The van der Waals surface area contributed by atoms with Gasteiger partial charge in [0.2, 0.25) is 0 Å². The summed E-state index contributed by atoms with van der Waals surface area (Å²) in [6, 6.07) is 3.35. The van der Waals surface area contributed by atoms with Crippen LogP contribution in [-0.4, -0.2) is 31.1 Å². The summed E-state index contributed by atoms with van der Waals surface area (Å²) in [6.45, 7) is 6.93. The van der Waals surface area contributed by atoms with Crippen molar-refractivity contribution in [1.29, 1.82) is 0 Å². The molecule has 0 unspecified atom stereocenters. The number of piperazine rings is 1. The summed E-state index contributed by atoms with van der Waals surface area (Å²) in [7, 11) is 0. The molecule has 1 aromatic rings. The van der Waals surface area contributed by atoms with Crippen molar-refractivity contribution in [2.24, 2.45) is 0 Å². The van der Waals surface area contributed by atoms with E-state index in [9.17, 15) is 13.2 Å². The van der Waals surface area contributed by atoms with Crippen molar-refractivity contribution in [3.63, 3.8) is 0 Å². The van der Waals surface area contributed by atoms with Crippen molar-refractivity contribution in [2.75, 3.05) is 26.2 Å². The smallest absolute Gasteiger partial charge is 0.314 e. The Bertz CT molecular complexity index is 503. The number of alkyl halides is 3. The van der Waals surface area contributed by atoms with Gasteiger partial charge in [0.15, 0.2) is 0 Å². The van der Waals surface area contributed by atoms with Gasteiger partial charge in [0, 0.05) is 37.2 Å². The Labute approximate surface area is 151 Å². The van der Waals surface area contributed by atoms with Gasteiger partial charge in [-0.1, -0.05) is 17.7 Å². The Balaban J connectivity index is 0.00000242. The first-order valence-corrected chi connectivity index (χ1v) is 7.23. The van der Waals surface area contributed by atoms with Gasteiger partial charge in [-0.3, -0.25) is 4.90 Å². The van der Waals surface area contributed by atoms with Crippen LogP contribution in [0, 0.1) is 0 Å². The molecule has 1 atom stereocenters. The quantitative estimate of drug-likeness (QED) is 0.747. The second-order valence-corrected chi connectivity index (χ2v) is 5.47. The number of halogens is 6. The van der Waals surface area contributed by atoms with Gasteiger partial charge in [0.1, 0.15) is 0 Å². The lowest BCUT2D eigenvalue weighted by atomic mass is 9.98. The van der Waals surface area contributed by atoms with Crippen LogP contribution in [0.15, 0.2) is 30.9 Å². The molecule has 1 aliphatic heterocycles. The summed E-state index contributed by atoms with van der Waals surface area (Å²) in [5.74, 6) is 0. The molecule has 2 nitrogen and oxygen atoms in total. The molecular formula is C15H20Cl3F3N2. The maximum atomic E-state index is 12.9. The fourth-order valence-corrected chi connectivity index (χ4v) is 2.84. The molecule has 0 amide bonds. The zero-order valence-corrected chi connectivity index (χ0v) is 14.8. The van der Waals surface area contributed by atoms with Gasteiger partial charge in [-0.25, -0.2) is 0 Å². The second kappa shape index (κ2) is 9.74. The Kier molecular flexibility index (Phi) is 9.55. The van der Waals surface area contributed by atoms with Gasteiger partial charge in [-0.15, -0.1) is 31.4 Å². The van der Waals surface area contributed by atoms with Crippen molar-refractivity contribution in [3.8, 4) is 0 Å². The van der Waals surface area contributed by atoms with Crippen molar-refractivity contribution >= 4 is 36.4 Å². The van der Waals surface area contributed by atoms with Crippen LogP contribution in [0.2, 0.25) is 5.02 Å². The third kappa shape index (κ3) is 5.84. The molecule has 23 heavy (non-hydrogen) atoms. The summed E-state index contributed by atoms with van der Waals surface area (Å²) < 4.78 is 38.7. The molecule has 1 saturated heterocycles. The first-order valence-electron chi connectivity index (χ1n) is 6.86. The lowest BCUT2D eigenvalue weighted by molar-refractivity contribution is -0.137. The molecule has 1 aromatic carbocycles. The molecular weight excluding hydrogens is 372 g/mol. The Morgan fingerprint density at radius 2 is 1.87 bits per heavy atom. The van der Waals surface area contributed by atoms with E-state index in [1.807, 2.05) is 0 Å². The second-order valence-electron chi connectivity index (χ2n) is 5.06. The topological polar surface area (TPSA) is 15.3 Å². The molecule has 0 radical (unpaired) electrons. The van der Waals surface area contributed by atoms with E-state index in [1.165, 1.54) is 12.1 Å². The zero-order valence-electron chi connectivity index (χ0n) is 12.4. The highest BCUT2D eigenvalue weighted by atomic mass is 35.5. The van der Waals surface area contributed by atoms with Gasteiger partial charge in [0.05, 0.1) is 5.56 Å². The van der Waals surface area contributed by atoms with Crippen LogP contribution in [0.3, 0.4) is 0 Å². The zero-order chi connectivity index (χ0) is 15.5. The van der Waals surface area contributed by atoms with Gasteiger partial charge in [0.25, 0.3) is 0 Å². The van der Waals surface area contributed by atoms with E-state index in [0.29, 0.717) is 17.0 Å². The van der Waals surface area contributed by atoms with Crippen LogP contribution in [-0.2, 0) is 6.18 Å². The van der Waals surface area contributed by atoms with Crippen LogP contribution < -0.4 is 5.32 Å². The van der Waals surface area contributed by atoms with E-state index in [4.69, 9.17) is 11.6 Å². The minimum Gasteiger partial charge on any atom is -0.314 e. The van der Waals surface area contributed by atoms with Gasteiger partial charge in [-0.2, -0.15) is 13.2 Å². The Morgan fingerprint density at radius 1 is 1.26 bits per heavy atom. The van der Waals surface area contributed by atoms with E-state index in [0.717, 1.165) is 32.2 Å². The van der Waals surface area contributed by atoms with Crippen LogP contribution >= 0.6 is 36.4 Å². The molecule has 132 valence electrons. The standard InChI is InChI=1S/C15H18ClF3N2.2ClH/c1-2-3-14(21-8-6-20-7-9-21)12-10-11(15(17,18)19)4-5-13(12)16;;/h2,4-5,10,14,20H,1,3,6-9H2;2*1H/t14-;;/m1../s1. The van der Waals surface area contributed by atoms with Crippen molar-refractivity contribution in [3.05, 3.63) is 47.0 Å². The maximum absolute atomic E-state index is 12.9. The number of hydrogen-bond acceptors (Lipinski definition) is 2. The van der Waals surface area contributed by atoms with Crippen molar-refractivity contribution in [1.82, 2.24) is 10.2 Å². The minimum absolute atomic E-state index is 0. The maximum Gasteiger partial charge on any atom is 0.416 e. The summed E-state index contributed by atoms with van der Waals surface area (Å²) in [6.07, 6.45) is -2.06. The number of nitrogens with one attached hydrogen (secondary N) is 1. The predicted molar refractivity (Wildman–Crippen MR) is 92.9 cm³/mol. The van der Waals surface area contributed by atoms with E-state index in [1.54, 1.807) is 6.08 Å². The normalized spacial score (nSPS) is 16.9. The highest BCUT2D eigenvalue weighted by Gasteiger charge is 2.32. The van der Waals surface area contributed by atoms with Crippen LogP contribution in [0.5, 0.6) is 0 Å². The lowest BCUT2D eigenvalue weighted by Gasteiger charge is -2.35. The molecule has 0 spiro atoms. The van der Waals surface area contributed by atoms with Crippen molar-refractivity contribution in [2.45, 2.75) is 18.6 Å². The lowest BCUT2D eigenvalue weighted by Crippen LogP contribution is -2.45. The molecule has 1 heterocycles. The summed E-state index contributed by atoms with van der Waals surface area (Å²) in [5.41, 5.74) is -0.139. The first-order chi connectivity index (χ1) is 9.93. The molecule has 0 bridgehead atoms. The number of rotatable bonds is 4. The number of nitrogens with zero attached hydrogens (tertiary/aromatic N) is 1. The summed E-state index contributed by atoms with van der Waals surface area (Å²) in [5, 5.41) is 3.60. The van der Waals surface area contributed by atoms with Crippen LogP contribution in [0.4, 0.5) is 13.2 Å².